The molecule has 0 heterocycles. The molecule has 2 rings (SSSR count). The van der Waals surface area contributed by atoms with E-state index in [9.17, 15) is 0 Å². The normalized spacial score (nSPS) is 19.4. The van der Waals surface area contributed by atoms with Crippen LogP contribution in [0.25, 0.3) is 0 Å². The van der Waals surface area contributed by atoms with E-state index in [1.807, 2.05) is 0 Å². The monoisotopic (exact) mass is 287 g/mol. The van der Waals surface area contributed by atoms with Crippen LogP contribution in [0.2, 0.25) is 0 Å². The molecule has 0 aromatic heterocycles. The molecule has 1 N–H and O–H groups in total. The predicted molar refractivity (Wildman–Crippen MR) is 92.7 cm³/mol. The number of unbranched alkanes of at least 4 members (excludes halogenated alkanes) is 1. The molecule has 1 saturated carbocycles. The van der Waals surface area contributed by atoms with Crippen molar-refractivity contribution in [3.63, 3.8) is 0 Å². The van der Waals surface area contributed by atoms with Crippen LogP contribution < -0.4 is 5.32 Å². The zero-order valence-corrected chi connectivity index (χ0v) is 14.3. The van der Waals surface area contributed by atoms with E-state index >= 15 is 0 Å². The Morgan fingerprint density at radius 3 is 2.29 bits per heavy atom. The summed E-state index contributed by atoms with van der Waals surface area (Å²) in [4.78, 5) is 0. The second-order valence-electron chi connectivity index (χ2n) is 7.05. The highest BCUT2D eigenvalue weighted by Gasteiger charge is 2.35. The summed E-state index contributed by atoms with van der Waals surface area (Å²) in [5, 5.41) is 3.77. The van der Waals surface area contributed by atoms with Crippen molar-refractivity contribution in [2.75, 3.05) is 6.54 Å². The quantitative estimate of drug-likeness (QED) is 0.683. The van der Waals surface area contributed by atoms with Crippen LogP contribution >= 0.6 is 0 Å². The molecule has 1 aromatic rings. The second kappa shape index (κ2) is 7.98. The smallest absolute Gasteiger partial charge is 0.0374 e. The Balaban J connectivity index is 2.13. The molecule has 0 spiro atoms. The van der Waals surface area contributed by atoms with Gasteiger partial charge in [-0.15, -0.1) is 0 Å². The van der Waals surface area contributed by atoms with Gasteiger partial charge in [0.15, 0.2) is 0 Å². The van der Waals surface area contributed by atoms with Crippen LogP contribution in [0.1, 0.15) is 82.9 Å². The summed E-state index contributed by atoms with van der Waals surface area (Å²) in [5.74, 6) is 0. The molecular formula is C20H33N. The van der Waals surface area contributed by atoms with Gasteiger partial charge in [0.25, 0.3) is 0 Å². The Bertz CT molecular complexity index is 400. The molecule has 1 fully saturated rings. The van der Waals surface area contributed by atoms with Gasteiger partial charge in [0.1, 0.15) is 0 Å². The number of hydrogen-bond acceptors (Lipinski definition) is 1. The van der Waals surface area contributed by atoms with Crippen LogP contribution in [0.3, 0.4) is 0 Å². The minimum atomic E-state index is 0.430. The Morgan fingerprint density at radius 1 is 1.05 bits per heavy atom. The molecule has 118 valence electrons. The van der Waals surface area contributed by atoms with Crippen molar-refractivity contribution in [3.8, 4) is 0 Å². The fourth-order valence-corrected chi connectivity index (χ4v) is 3.88. The average molecular weight is 287 g/mol. The summed E-state index contributed by atoms with van der Waals surface area (Å²) < 4.78 is 0. The molecule has 1 unspecified atom stereocenters. The average Bonchev–Trinajstić information content (AvgIpc) is 2.52. The lowest BCUT2D eigenvalue weighted by molar-refractivity contribution is 0.146. The van der Waals surface area contributed by atoms with Crippen molar-refractivity contribution in [2.45, 2.75) is 78.2 Å². The molecular weight excluding hydrogens is 254 g/mol. The van der Waals surface area contributed by atoms with Crippen molar-refractivity contribution in [2.24, 2.45) is 5.41 Å². The van der Waals surface area contributed by atoms with Crippen molar-refractivity contribution in [1.29, 1.82) is 0 Å². The molecule has 0 bridgehead atoms. The van der Waals surface area contributed by atoms with Crippen molar-refractivity contribution >= 4 is 0 Å². The maximum atomic E-state index is 3.77. The van der Waals surface area contributed by atoms with Crippen LogP contribution in [-0.2, 0) is 6.42 Å². The maximum absolute atomic E-state index is 3.77. The van der Waals surface area contributed by atoms with Gasteiger partial charge in [0.2, 0.25) is 0 Å². The zero-order valence-electron chi connectivity index (χ0n) is 14.3. The Labute approximate surface area is 131 Å². The van der Waals surface area contributed by atoms with Gasteiger partial charge >= 0.3 is 0 Å². The first-order valence-electron chi connectivity index (χ1n) is 9.02. The standard InChI is InChI=1S/C20H33N/c1-4-6-10-17-11-13-18(14-12-17)19(21-5-2)20(3)15-8-7-9-16-20/h11-14,19,21H,4-10,15-16H2,1-3H3. The Hall–Kier alpha value is -0.820. The lowest BCUT2D eigenvalue weighted by Crippen LogP contribution is -2.37. The van der Waals surface area contributed by atoms with Crippen LogP contribution in [0.15, 0.2) is 24.3 Å². The summed E-state index contributed by atoms with van der Waals surface area (Å²) in [7, 11) is 0. The molecule has 1 aliphatic carbocycles. The first-order chi connectivity index (χ1) is 10.2. The van der Waals surface area contributed by atoms with Crippen molar-refractivity contribution in [1.82, 2.24) is 5.32 Å². The van der Waals surface area contributed by atoms with E-state index in [2.05, 4.69) is 50.4 Å². The van der Waals surface area contributed by atoms with Gasteiger partial charge in [0.05, 0.1) is 0 Å². The first-order valence-corrected chi connectivity index (χ1v) is 9.02. The molecule has 21 heavy (non-hydrogen) atoms. The van der Waals surface area contributed by atoms with E-state index in [0.717, 1.165) is 6.54 Å². The summed E-state index contributed by atoms with van der Waals surface area (Å²) in [6, 6.07) is 9.96. The van der Waals surface area contributed by atoms with Crippen LogP contribution in [0.5, 0.6) is 0 Å². The van der Waals surface area contributed by atoms with Gasteiger partial charge in [-0.3, -0.25) is 0 Å². The molecule has 0 radical (unpaired) electrons. The minimum Gasteiger partial charge on any atom is -0.310 e. The number of nitrogens with one attached hydrogen (secondary N) is 1. The van der Waals surface area contributed by atoms with Crippen LogP contribution in [0.4, 0.5) is 0 Å². The molecule has 0 aliphatic heterocycles. The minimum absolute atomic E-state index is 0.430. The highest BCUT2D eigenvalue weighted by Crippen LogP contribution is 2.45. The van der Waals surface area contributed by atoms with E-state index < -0.39 is 0 Å². The molecule has 1 nitrogen and oxygen atoms in total. The third-order valence-electron chi connectivity index (χ3n) is 5.23. The number of aryl methyl sites for hydroxylation is 1. The largest absolute Gasteiger partial charge is 0.310 e. The van der Waals surface area contributed by atoms with Gasteiger partial charge < -0.3 is 5.32 Å². The summed E-state index contributed by atoms with van der Waals surface area (Å²) in [5.41, 5.74) is 3.41. The van der Waals surface area contributed by atoms with Crippen molar-refractivity contribution in [3.05, 3.63) is 35.4 Å². The van der Waals surface area contributed by atoms with Gasteiger partial charge in [-0.05, 0) is 48.8 Å². The van der Waals surface area contributed by atoms with E-state index in [-0.39, 0.29) is 0 Å². The van der Waals surface area contributed by atoms with Gasteiger partial charge in [-0.1, -0.05) is 70.7 Å². The van der Waals surface area contributed by atoms with Gasteiger partial charge in [-0.2, -0.15) is 0 Å². The summed E-state index contributed by atoms with van der Waals surface area (Å²) in [6.45, 7) is 8.04. The van der Waals surface area contributed by atoms with Gasteiger partial charge in [0, 0.05) is 6.04 Å². The summed E-state index contributed by atoms with van der Waals surface area (Å²) in [6.07, 6.45) is 10.7. The maximum Gasteiger partial charge on any atom is 0.0374 e. The Kier molecular flexibility index (Phi) is 6.29. The second-order valence-corrected chi connectivity index (χ2v) is 7.05. The lowest BCUT2D eigenvalue weighted by atomic mass is 9.68. The molecule has 1 heteroatoms. The fourth-order valence-electron chi connectivity index (χ4n) is 3.88. The number of hydrogen-bond donors (Lipinski definition) is 1. The highest BCUT2D eigenvalue weighted by atomic mass is 14.9. The first kappa shape index (κ1) is 16.5. The molecule has 1 aliphatic rings. The van der Waals surface area contributed by atoms with E-state index in [1.54, 1.807) is 0 Å². The van der Waals surface area contributed by atoms with E-state index in [1.165, 1.54) is 62.5 Å². The van der Waals surface area contributed by atoms with Crippen LogP contribution in [-0.4, -0.2) is 6.54 Å². The topological polar surface area (TPSA) is 12.0 Å². The third kappa shape index (κ3) is 4.32. The third-order valence-corrected chi connectivity index (χ3v) is 5.23. The number of rotatable bonds is 7. The zero-order chi connectivity index (χ0) is 15.1. The summed E-state index contributed by atoms with van der Waals surface area (Å²) >= 11 is 0. The molecule has 1 aromatic carbocycles. The number of benzene rings is 1. The van der Waals surface area contributed by atoms with Crippen molar-refractivity contribution < 1.29 is 0 Å². The lowest BCUT2D eigenvalue weighted by Gasteiger charge is -2.41. The molecule has 0 amide bonds. The van der Waals surface area contributed by atoms with Crippen LogP contribution in [0, 0.1) is 5.41 Å². The van der Waals surface area contributed by atoms with Gasteiger partial charge in [-0.25, -0.2) is 0 Å². The Morgan fingerprint density at radius 2 is 1.71 bits per heavy atom. The van der Waals surface area contributed by atoms with E-state index in [0.29, 0.717) is 11.5 Å². The SMILES string of the molecule is CCCCc1ccc(C(NCC)C2(C)CCCCC2)cc1. The predicted octanol–water partition coefficient (Wildman–Crippen LogP) is 5.65. The highest BCUT2D eigenvalue weighted by molar-refractivity contribution is 5.27. The molecule has 0 saturated heterocycles. The molecule has 1 atom stereocenters. The fraction of sp³-hybridized carbons (Fsp3) is 0.700. The van der Waals surface area contributed by atoms with E-state index in [4.69, 9.17) is 0 Å².